The van der Waals surface area contributed by atoms with Crippen molar-refractivity contribution in [1.29, 1.82) is 0 Å². The minimum absolute atomic E-state index is 0. The molecule has 0 bridgehead atoms. The van der Waals surface area contributed by atoms with Gasteiger partial charge < -0.3 is 10.6 Å². The zero-order valence-corrected chi connectivity index (χ0v) is 19.0. The van der Waals surface area contributed by atoms with Crippen molar-refractivity contribution < 1.29 is 0 Å². The minimum Gasteiger partial charge on any atom is -0.357 e. The lowest BCUT2D eigenvalue weighted by Crippen LogP contribution is -2.39. The predicted molar refractivity (Wildman–Crippen MR) is 119 cm³/mol. The molecule has 1 unspecified atom stereocenters. The standard InChI is InChI=1S/C18H33N5S.HI/c1-4-19-18(21-13-16-9-8-12-23(16)5-2)20-11-7-6-10-17-22-15(3)14-24-17;/h14,16H,4-13H2,1-3H3,(H2,19,20,21);1H. The maximum atomic E-state index is 4.80. The summed E-state index contributed by atoms with van der Waals surface area (Å²) < 4.78 is 0. The van der Waals surface area contributed by atoms with E-state index in [0.29, 0.717) is 6.04 Å². The number of likely N-dealkylation sites (N-methyl/N-ethyl adjacent to an activating group) is 1. The van der Waals surface area contributed by atoms with Gasteiger partial charge in [0.2, 0.25) is 0 Å². The summed E-state index contributed by atoms with van der Waals surface area (Å²) in [7, 11) is 0. The third-order valence-electron chi connectivity index (χ3n) is 4.49. The molecule has 25 heavy (non-hydrogen) atoms. The molecule has 2 N–H and O–H groups in total. The summed E-state index contributed by atoms with van der Waals surface area (Å²) in [5.41, 5.74) is 1.14. The number of aromatic nitrogens is 1. The van der Waals surface area contributed by atoms with Crippen molar-refractivity contribution in [3.05, 3.63) is 16.1 Å². The normalized spacial score (nSPS) is 18.2. The van der Waals surface area contributed by atoms with Gasteiger partial charge >= 0.3 is 0 Å². The Labute approximate surface area is 174 Å². The largest absolute Gasteiger partial charge is 0.357 e. The van der Waals surface area contributed by atoms with E-state index < -0.39 is 0 Å². The Morgan fingerprint density at radius 1 is 1.36 bits per heavy atom. The van der Waals surface area contributed by atoms with E-state index in [1.165, 1.54) is 30.8 Å². The number of rotatable bonds is 9. The Bertz CT molecular complexity index is 505. The summed E-state index contributed by atoms with van der Waals surface area (Å²) in [6.45, 7) is 11.6. The Balaban J connectivity index is 0.00000312. The van der Waals surface area contributed by atoms with E-state index in [2.05, 4.69) is 46.7 Å². The lowest BCUT2D eigenvalue weighted by atomic mass is 10.2. The molecule has 0 saturated carbocycles. The number of aliphatic imine (C=N–C) groups is 1. The van der Waals surface area contributed by atoms with Crippen LogP contribution in [0.4, 0.5) is 0 Å². The molecule has 5 nitrogen and oxygen atoms in total. The van der Waals surface area contributed by atoms with Gasteiger partial charge in [-0.3, -0.25) is 9.89 Å². The Hall–Kier alpha value is -0.410. The number of hydrogen-bond acceptors (Lipinski definition) is 4. The molecule has 7 heteroatoms. The summed E-state index contributed by atoms with van der Waals surface area (Å²) in [4.78, 5) is 11.9. The molecule has 1 fully saturated rings. The van der Waals surface area contributed by atoms with Gasteiger partial charge in [0.15, 0.2) is 5.96 Å². The number of unbranched alkanes of at least 4 members (excludes halogenated alkanes) is 1. The van der Waals surface area contributed by atoms with E-state index >= 15 is 0 Å². The molecule has 0 radical (unpaired) electrons. The second-order valence-corrected chi connectivity index (χ2v) is 7.35. The van der Waals surface area contributed by atoms with Gasteiger partial charge in [-0.2, -0.15) is 0 Å². The molecule has 1 aromatic rings. The zero-order chi connectivity index (χ0) is 17.2. The van der Waals surface area contributed by atoms with Crippen LogP contribution in [0.1, 0.15) is 50.2 Å². The van der Waals surface area contributed by atoms with Crippen LogP contribution in [0, 0.1) is 6.92 Å². The third-order valence-corrected chi connectivity index (χ3v) is 5.51. The van der Waals surface area contributed by atoms with E-state index in [1.54, 1.807) is 11.3 Å². The first-order chi connectivity index (χ1) is 11.7. The predicted octanol–water partition coefficient (Wildman–Crippen LogP) is 3.43. The number of nitrogens with one attached hydrogen (secondary N) is 2. The fraction of sp³-hybridized carbons (Fsp3) is 0.778. The zero-order valence-electron chi connectivity index (χ0n) is 15.9. The number of nitrogens with zero attached hydrogens (tertiary/aromatic N) is 3. The van der Waals surface area contributed by atoms with Gasteiger partial charge in [0, 0.05) is 30.2 Å². The molecule has 0 amide bonds. The summed E-state index contributed by atoms with van der Waals surface area (Å²) >= 11 is 1.77. The molecule has 1 aliphatic heterocycles. The van der Waals surface area contributed by atoms with Gasteiger partial charge in [0.1, 0.15) is 0 Å². The maximum Gasteiger partial charge on any atom is 0.191 e. The van der Waals surface area contributed by atoms with E-state index in [-0.39, 0.29) is 24.0 Å². The van der Waals surface area contributed by atoms with E-state index in [9.17, 15) is 0 Å². The first kappa shape index (κ1) is 22.6. The average molecular weight is 479 g/mol. The second-order valence-electron chi connectivity index (χ2n) is 6.41. The first-order valence-corrected chi connectivity index (χ1v) is 10.3. The van der Waals surface area contributed by atoms with Crippen LogP contribution < -0.4 is 10.6 Å². The van der Waals surface area contributed by atoms with Crippen LogP contribution in [-0.4, -0.2) is 54.6 Å². The maximum absolute atomic E-state index is 4.80. The monoisotopic (exact) mass is 479 g/mol. The van der Waals surface area contributed by atoms with Crippen LogP contribution in [0.3, 0.4) is 0 Å². The molecule has 0 aliphatic carbocycles. The average Bonchev–Trinajstić information content (AvgIpc) is 3.20. The highest BCUT2D eigenvalue weighted by atomic mass is 127. The van der Waals surface area contributed by atoms with Crippen molar-refractivity contribution in [3.8, 4) is 0 Å². The minimum atomic E-state index is 0. The third kappa shape index (κ3) is 8.21. The van der Waals surface area contributed by atoms with Crippen LogP contribution in [0.5, 0.6) is 0 Å². The lowest BCUT2D eigenvalue weighted by Gasteiger charge is -2.21. The smallest absolute Gasteiger partial charge is 0.191 e. The molecule has 0 aromatic carbocycles. The van der Waals surface area contributed by atoms with Crippen LogP contribution in [0.15, 0.2) is 10.4 Å². The van der Waals surface area contributed by atoms with Gasteiger partial charge in [-0.1, -0.05) is 6.92 Å². The van der Waals surface area contributed by atoms with Crippen LogP contribution >= 0.6 is 35.3 Å². The number of hydrogen-bond donors (Lipinski definition) is 2. The van der Waals surface area contributed by atoms with Gasteiger partial charge in [-0.15, -0.1) is 35.3 Å². The van der Waals surface area contributed by atoms with Crippen LogP contribution in [0.25, 0.3) is 0 Å². The highest BCUT2D eigenvalue weighted by Gasteiger charge is 2.22. The fourth-order valence-electron chi connectivity index (χ4n) is 3.18. The molecule has 2 rings (SSSR count). The summed E-state index contributed by atoms with van der Waals surface area (Å²) in [6.07, 6.45) is 6.00. The van der Waals surface area contributed by atoms with Gasteiger partial charge in [0.05, 0.1) is 11.6 Å². The number of aryl methyl sites for hydroxylation is 2. The molecule has 0 spiro atoms. The Morgan fingerprint density at radius 2 is 2.20 bits per heavy atom. The SMILES string of the molecule is CCNC(=NCC1CCCN1CC)NCCCCc1nc(C)cs1.I. The lowest BCUT2D eigenvalue weighted by molar-refractivity contribution is 0.273. The van der Waals surface area contributed by atoms with E-state index in [0.717, 1.165) is 50.7 Å². The number of likely N-dealkylation sites (tertiary alicyclic amines) is 1. The molecular formula is C18H34IN5S. The summed E-state index contributed by atoms with van der Waals surface area (Å²) in [6, 6.07) is 0.624. The molecule has 1 atom stereocenters. The Kier molecular flexibility index (Phi) is 11.6. The van der Waals surface area contributed by atoms with Crippen LogP contribution in [0.2, 0.25) is 0 Å². The molecule has 1 aromatic heterocycles. The van der Waals surface area contributed by atoms with E-state index in [1.807, 2.05) is 0 Å². The van der Waals surface area contributed by atoms with Crippen molar-refractivity contribution in [2.24, 2.45) is 4.99 Å². The van der Waals surface area contributed by atoms with Crippen molar-refractivity contribution >= 4 is 41.3 Å². The van der Waals surface area contributed by atoms with E-state index in [4.69, 9.17) is 4.99 Å². The van der Waals surface area contributed by atoms with Gasteiger partial charge in [0.25, 0.3) is 0 Å². The molecular weight excluding hydrogens is 445 g/mol. The number of thiazole rings is 1. The van der Waals surface area contributed by atoms with Crippen molar-refractivity contribution in [2.45, 2.75) is 58.9 Å². The van der Waals surface area contributed by atoms with Gasteiger partial charge in [-0.05, 0) is 59.0 Å². The highest BCUT2D eigenvalue weighted by molar-refractivity contribution is 14.0. The van der Waals surface area contributed by atoms with Crippen molar-refractivity contribution in [1.82, 2.24) is 20.5 Å². The van der Waals surface area contributed by atoms with Gasteiger partial charge in [-0.25, -0.2) is 4.98 Å². The summed E-state index contributed by atoms with van der Waals surface area (Å²) in [5, 5.41) is 10.2. The molecule has 2 heterocycles. The molecule has 1 saturated heterocycles. The highest BCUT2D eigenvalue weighted by Crippen LogP contribution is 2.16. The van der Waals surface area contributed by atoms with Crippen molar-refractivity contribution in [3.63, 3.8) is 0 Å². The first-order valence-electron chi connectivity index (χ1n) is 9.40. The van der Waals surface area contributed by atoms with Crippen LogP contribution in [-0.2, 0) is 6.42 Å². The topological polar surface area (TPSA) is 52.6 Å². The summed E-state index contributed by atoms with van der Waals surface area (Å²) in [5.74, 6) is 0.963. The fourth-order valence-corrected chi connectivity index (χ4v) is 4.00. The second kappa shape index (κ2) is 12.9. The molecule has 1 aliphatic rings. The number of halogens is 1. The Morgan fingerprint density at radius 3 is 2.88 bits per heavy atom. The quantitative estimate of drug-likeness (QED) is 0.247. The number of guanidine groups is 1. The molecule has 144 valence electrons. The van der Waals surface area contributed by atoms with Crippen molar-refractivity contribution in [2.75, 3.05) is 32.7 Å².